The summed E-state index contributed by atoms with van der Waals surface area (Å²) in [5.41, 5.74) is 2.19. The minimum atomic E-state index is -0.631. The first-order valence-electron chi connectivity index (χ1n) is 8.00. The fourth-order valence-electron chi connectivity index (χ4n) is 2.27. The minimum Gasteiger partial charge on any atom is -0.320 e. The van der Waals surface area contributed by atoms with Crippen LogP contribution in [0, 0.1) is 12.7 Å². The molecule has 0 unspecified atom stereocenters. The third kappa shape index (κ3) is 4.24. The topological polar surface area (TPSA) is 88.9 Å². The van der Waals surface area contributed by atoms with Crippen LogP contribution in [0.5, 0.6) is 0 Å². The van der Waals surface area contributed by atoms with Gasteiger partial charge in [0.15, 0.2) is 5.69 Å². The van der Waals surface area contributed by atoms with Crippen molar-refractivity contribution in [2.75, 3.05) is 10.6 Å². The van der Waals surface area contributed by atoms with E-state index < -0.39 is 17.6 Å². The lowest BCUT2D eigenvalue weighted by Crippen LogP contribution is -2.14. The van der Waals surface area contributed by atoms with Crippen molar-refractivity contribution in [2.45, 2.75) is 6.92 Å². The molecule has 3 rings (SSSR count). The Kier molecular flexibility index (Phi) is 5.07. The van der Waals surface area contributed by atoms with Crippen LogP contribution in [-0.4, -0.2) is 26.8 Å². The molecule has 2 amide bonds. The van der Waals surface area contributed by atoms with Crippen LogP contribution in [0.15, 0.2) is 61.3 Å². The molecule has 1 heterocycles. The number of nitrogens with zero attached hydrogens (tertiary/aromatic N) is 3. The van der Waals surface area contributed by atoms with Crippen LogP contribution in [0.1, 0.15) is 16.1 Å². The molecule has 2 aromatic carbocycles. The number of amides is 2. The van der Waals surface area contributed by atoms with Gasteiger partial charge in [-0.2, -0.15) is 0 Å². The van der Waals surface area contributed by atoms with E-state index in [-0.39, 0.29) is 11.4 Å². The Morgan fingerprint density at radius 1 is 1.15 bits per heavy atom. The number of carbonyl (C=O) groups is 2. The third-order valence-corrected chi connectivity index (χ3v) is 3.69. The summed E-state index contributed by atoms with van der Waals surface area (Å²) in [5.74, 6) is -1.70. The van der Waals surface area contributed by atoms with E-state index in [1.54, 1.807) is 0 Å². The van der Waals surface area contributed by atoms with E-state index in [1.807, 2.05) is 31.2 Å². The summed E-state index contributed by atoms with van der Waals surface area (Å²) in [7, 11) is 0. The summed E-state index contributed by atoms with van der Waals surface area (Å²) in [6.07, 6.45) is 2.51. The van der Waals surface area contributed by atoms with Gasteiger partial charge < -0.3 is 10.6 Å². The molecule has 0 aliphatic heterocycles. The molecule has 0 saturated carbocycles. The maximum absolute atomic E-state index is 13.8. The fraction of sp³-hybridized carbons (Fsp3) is 0.0526. The highest BCUT2D eigenvalue weighted by Crippen LogP contribution is 2.20. The zero-order valence-corrected chi connectivity index (χ0v) is 14.4. The van der Waals surface area contributed by atoms with Gasteiger partial charge in [0.25, 0.3) is 5.91 Å². The number of aryl methyl sites for hydroxylation is 1. The Morgan fingerprint density at radius 2 is 1.89 bits per heavy atom. The van der Waals surface area contributed by atoms with E-state index in [1.165, 1.54) is 23.0 Å². The van der Waals surface area contributed by atoms with Crippen LogP contribution in [0.3, 0.4) is 0 Å². The summed E-state index contributed by atoms with van der Waals surface area (Å²) >= 11 is 0. The van der Waals surface area contributed by atoms with E-state index in [0.717, 1.165) is 23.4 Å². The maximum atomic E-state index is 13.8. The monoisotopic (exact) mass is 365 g/mol. The molecule has 0 aliphatic carbocycles. The first-order chi connectivity index (χ1) is 13.0. The fourth-order valence-corrected chi connectivity index (χ4v) is 2.27. The van der Waals surface area contributed by atoms with Gasteiger partial charge >= 0.3 is 0 Å². The number of nitrogens with one attached hydrogen (secondary N) is 2. The lowest BCUT2D eigenvalue weighted by molar-refractivity contribution is -0.111. The molecule has 0 spiro atoms. The van der Waals surface area contributed by atoms with Crippen molar-refractivity contribution in [2.24, 2.45) is 0 Å². The Morgan fingerprint density at radius 3 is 2.59 bits per heavy atom. The van der Waals surface area contributed by atoms with Gasteiger partial charge in [-0.25, -0.2) is 9.07 Å². The first kappa shape index (κ1) is 18.0. The zero-order valence-electron chi connectivity index (χ0n) is 14.4. The first-order valence-corrected chi connectivity index (χ1v) is 8.00. The molecule has 7 nitrogen and oxygen atoms in total. The van der Waals surface area contributed by atoms with Gasteiger partial charge in [0.2, 0.25) is 5.91 Å². The number of rotatable bonds is 5. The largest absolute Gasteiger partial charge is 0.320 e. The zero-order chi connectivity index (χ0) is 19.4. The molecule has 0 saturated heterocycles. The average molecular weight is 365 g/mol. The predicted molar refractivity (Wildman–Crippen MR) is 99.3 cm³/mol. The quantitative estimate of drug-likeness (QED) is 0.680. The van der Waals surface area contributed by atoms with Crippen molar-refractivity contribution in [3.05, 3.63) is 78.4 Å². The van der Waals surface area contributed by atoms with Crippen molar-refractivity contribution in [1.82, 2.24) is 15.0 Å². The van der Waals surface area contributed by atoms with Crippen LogP contribution in [0.25, 0.3) is 5.69 Å². The number of benzene rings is 2. The molecule has 27 heavy (non-hydrogen) atoms. The highest BCUT2D eigenvalue weighted by molar-refractivity contribution is 6.03. The summed E-state index contributed by atoms with van der Waals surface area (Å²) in [6, 6.07) is 11.4. The van der Waals surface area contributed by atoms with Crippen molar-refractivity contribution in [3.63, 3.8) is 0 Å². The SMILES string of the molecule is C=CC(=O)Nc1cc(NC(=O)c2cn(-c3ccc(C)cc3)nn2)ccc1F. The molecule has 2 N–H and O–H groups in total. The standard InChI is InChI=1S/C19H16FN5O2/c1-3-18(26)22-16-10-13(6-9-15(16)20)21-19(27)17-11-25(24-23-17)14-7-4-12(2)5-8-14/h3-11H,1H2,2H3,(H,21,27)(H,22,26). The highest BCUT2D eigenvalue weighted by Gasteiger charge is 2.13. The van der Waals surface area contributed by atoms with Gasteiger partial charge in [0.1, 0.15) is 5.82 Å². The molecule has 0 atom stereocenters. The van der Waals surface area contributed by atoms with Crippen molar-refractivity contribution in [1.29, 1.82) is 0 Å². The average Bonchev–Trinajstić information content (AvgIpc) is 3.15. The van der Waals surface area contributed by atoms with E-state index in [0.29, 0.717) is 5.69 Å². The Labute approximate surface area is 154 Å². The molecule has 0 radical (unpaired) electrons. The molecule has 0 fully saturated rings. The Hall–Kier alpha value is -3.81. The molecule has 0 bridgehead atoms. The minimum absolute atomic E-state index is 0.0685. The van der Waals surface area contributed by atoms with Crippen LogP contribution >= 0.6 is 0 Å². The number of anilines is 2. The van der Waals surface area contributed by atoms with Crippen molar-refractivity contribution < 1.29 is 14.0 Å². The molecule has 136 valence electrons. The molecular formula is C19H16FN5O2. The van der Waals surface area contributed by atoms with Crippen molar-refractivity contribution >= 4 is 23.2 Å². The van der Waals surface area contributed by atoms with Gasteiger partial charge in [-0.15, -0.1) is 5.10 Å². The van der Waals surface area contributed by atoms with E-state index in [4.69, 9.17) is 0 Å². The van der Waals surface area contributed by atoms with Gasteiger partial charge in [-0.05, 0) is 43.3 Å². The number of halogens is 1. The van der Waals surface area contributed by atoms with Gasteiger partial charge in [0, 0.05) is 5.69 Å². The van der Waals surface area contributed by atoms with Gasteiger partial charge in [0.05, 0.1) is 17.6 Å². The summed E-state index contributed by atoms with van der Waals surface area (Å²) in [6.45, 7) is 5.28. The summed E-state index contributed by atoms with van der Waals surface area (Å²) in [5, 5.41) is 12.7. The van der Waals surface area contributed by atoms with Crippen LogP contribution in [0.4, 0.5) is 15.8 Å². The molecule has 8 heteroatoms. The molecule has 3 aromatic rings. The normalized spacial score (nSPS) is 10.3. The predicted octanol–water partition coefficient (Wildman–Crippen LogP) is 3.09. The highest BCUT2D eigenvalue weighted by atomic mass is 19.1. The third-order valence-electron chi connectivity index (χ3n) is 3.69. The number of carbonyl (C=O) groups excluding carboxylic acids is 2. The van der Waals surface area contributed by atoms with Crippen LogP contribution in [0.2, 0.25) is 0 Å². The van der Waals surface area contributed by atoms with E-state index in [2.05, 4.69) is 27.5 Å². The number of aromatic nitrogens is 3. The molecule has 1 aromatic heterocycles. The maximum Gasteiger partial charge on any atom is 0.277 e. The lowest BCUT2D eigenvalue weighted by atomic mass is 10.2. The second kappa shape index (κ2) is 7.61. The second-order valence-corrected chi connectivity index (χ2v) is 5.73. The van der Waals surface area contributed by atoms with E-state index in [9.17, 15) is 14.0 Å². The second-order valence-electron chi connectivity index (χ2n) is 5.73. The number of hydrogen-bond donors (Lipinski definition) is 2. The lowest BCUT2D eigenvalue weighted by Gasteiger charge is -2.08. The summed E-state index contributed by atoms with van der Waals surface area (Å²) in [4.78, 5) is 23.7. The van der Waals surface area contributed by atoms with Crippen LogP contribution in [-0.2, 0) is 4.79 Å². The molecular weight excluding hydrogens is 349 g/mol. The van der Waals surface area contributed by atoms with Gasteiger partial charge in [-0.1, -0.05) is 29.5 Å². The number of hydrogen-bond acceptors (Lipinski definition) is 4. The van der Waals surface area contributed by atoms with Crippen LogP contribution < -0.4 is 10.6 Å². The Bertz CT molecular complexity index is 1010. The van der Waals surface area contributed by atoms with Gasteiger partial charge in [-0.3, -0.25) is 9.59 Å². The Balaban J connectivity index is 1.76. The smallest absolute Gasteiger partial charge is 0.277 e. The van der Waals surface area contributed by atoms with Crippen molar-refractivity contribution in [3.8, 4) is 5.69 Å². The van der Waals surface area contributed by atoms with E-state index >= 15 is 0 Å². The summed E-state index contributed by atoms with van der Waals surface area (Å²) < 4.78 is 15.2. The molecule has 0 aliphatic rings.